The zero-order valence-corrected chi connectivity index (χ0v) is 18.5. The minimum absolute atomic E-state index is 0.0979. The molecule has 164 valence electrons. The largest absolute Gasteiger partial charge is 0.365 e. The molecule has 1 aromatic carbocycles. The van der Waals surface area contributed by atoms with Gasteiger partial charge in [0.2, 0.25) is 0 Å². The number of nitrogens with one attached hydrogen (secondary N) is 1. The number of H-pyrrole nitrogens is 1. The lowest BCUT2D eigenvalue weighted by Gasteiger charge is -2.30. The van der Waals surface area contributed by atoms with Gasteiger partial charge in [-0.2, -0.15) is 0 Å². The molecule has 0 spiro atoms. The molecule has 1 fully saturated rings. The number of nitrogens with zero attached hydrogens (tertiary/aromatic N) is 3. The first-order chi connectivity index (χ1) is 14.9. The van der Waals surface area contributed by atoms with Crippen LogP contribution in [0.1, 0.15) is 55.8 Å². The van der Waals surface area contributed by atoms with Crippen LogP contribution in [-0.4, -0.2) is 44.5 Å². The van der Waals surface area contributed by atoms with Gasteiger partial charge in [0.1, 0.15) is 5.70 Å². The van der Waals surface area contributed by atoms with Gasteiger partial charge in [-0.05, 0) is 24.8 Å². The fourth-order valence-corrected chi connectivity index (χ4v) is 4.84. The van der Waals surface area contributed by atoms with Crippen LogP contribution in [0, 0.1) is 0 Å². The quantitative estimate of drug-likeness (QED) is 0.726. The Morgan fingerprint density at radius 2 is 1.71 bits per heavy atom. The van der Waals surface area contributed by atoms with Crippen molar-refractivity contribution in [1.29, 1.82) is 0 Å². The topological polar surface area (TPSA) is 78.4 Å². The van der Waals surface area contributed by atoms with Crippen molar-refractivity contribution >= 4 is 17.4 Å². The lowest BCUT2D eigenvalue weighted by atomic mass is 9.94. The smallest absolute Gasteiger partial charge is 0.278 e. The van der Waals surface area contributed by atoms with Gasteiger partial charge in [-0.1, -0.05) is 56.5 Å². The van der Waals surface area contributed by atoms with E-state index < -0.39 is 0 Å². The van der Waals surface area contributed by atoms with Crippen LogP contribution in [0.3, 0.4) is 0 Å². The van der Waals surface area contributed by atoms with E-state index in [1.54, 1.807) is 7.05 Å². The highest BCUT2D eigenvalue weighted by atomic mass is 16.2. The van der Waals surface area contributed by atoms with Gasteiger partial charge in [0.15, 0.2) is 0 Å². The summed E-state index contributed by atoms with van der Waals surface area (Å²) in [5, 5.41) is 3.05. The van der Waals surface area contributed by atoms with E-state index in [1.165, 1.54) is 9.58 Å². The third-order valence-corrected chi connectivity index (χ3v) is 6.40. The second-order valence-corrected chi connectivity index (χ2v) is 8.52. The lowest BCUT2D eigenvalue weighted by Crippen LogP contribution is -2.43. The van der Waals surface area contributed by atoms with Gasteiger partial charge in [-0.3, -0.25) is 29.1 Å². The highest BCUT2D eigenvalue weighted by Gasteiger charge is 2.46. The van der Waals surface area contributed by atoms with Crippen molar-refractivity contribution in [1.82, 2.24) is 19.6 Å². The molecule has 0 saturated heterocycles. The number of hydrogen-bond donors (Lipinski definition) is 1. The third-order valence-electron chi connectivity index (χ3n) is 6.40. The molecule has 7 heteroatoms. The fourth-order valence-electron chi connectivity index (χ4n) is 4.84. The molecule has 31 heavy (non-hydrogen) atoms. The Labute approximate surface area is 182 Å². The Morgan fingerprint density at radius 3 is 2.35 bits per heavy atom. The Bertz CT molecular complexity index is 1070. The van der Waals surface area contributed by atoms with E-state index in [1.807, 2.05) is 49.2 Å². The van der Waals surface area contributed by atoms with Gasteiger partial charge < -0.3 is 4.90 Å². The molecule has 0 atom stereocenters. The molecule has 1 aromatic heterocycles. The fraction of sp³-hybridized carbons (Fsp3) is 0.458. The lowest BCUT2D eigenvalue weighted by molar-refractivity contribution is -0.140. The van der Waals surface area contributed by atoms with E-state index in [-0.39, 0.29) is 29.0 Å². The van der Waals surface area contributed by atoms with Crippen LogP contribution < -0.4 is 5.56 Å². The number of rotatable bonds is 6. The number of carbonyl (C=O) groups excluding carboxylic acids is 2. The van der Waals surface area contributed by atoms with Gasteiger partial charge in [-0.15, -0.1) is 0 Å². The van der Waals surface area contributed by atoms with Crippen molar-refractivity contribution in [3.05, 3.63) is 63.2 Å². The second-order valence-electron chi connectivity index (χ2n) is 8.52. The van der Waals surface area contributed by atoms with E-state index in [0.29, 0.717) is 29.9 Å². The van der Waals surface area contributed by atoms with Crippen LogP contribution in [0.25, 0.3) is 5.57 Å². The van der Waals surface area contributed by atoms with Crippen LogP contribution in [-0.2, 0) is 29.6 Å². The summed E-state index contributed by atoms with van der Waals surface area (Å²) < 4.78 is 1.39. The number of aromatic nitrogens is 2. The molecule has 0 unspecified atom stereocenters. The molecule has 0 radical (unpaired) electrons. The number of amides is 2. The van der Waals surface area contributed by atoms with Crippen LogP contribution in [0.2, 0.25) is 0 Å². The molecule has 1 aliphatic heterocycles. The summed E-state index contributed by atoms with van der Waals surface area (Å²) in [5.41, 5.74) is 2.34. The van der Waals surface area contributed by atoms with E-state index in [9.17, 15) is 14.4 Å². The van der Waals surface area contributed by atoms with E-state index >= 15 is 0 Å². The van der Waals surface area contributed by atoms with Crippen LogP contribution >= 0.6 is 0 Å². The summed E-state index contributed by atoms with van der Waals surface area (Å²) in [6, 6.07) is 9.73. The molecule has 7 nitrogen and oxygen atoms in total. The van der Waals surface area contributed by atoms with Crippen molar-refractivity contribution in [3.8, 4) is 0 Å². The summed E-state index contributed by atoms with van der Waals surface area (Å²) >= 11 is 0. The summed E-state index contributed by atoms with van der Waals surface area (Å²) in [6.45, 7) is 2.41. The van der Waals surface area contributed by atoms with Gasteiger partial charge in [0.05, 0.1) is 11.1 Å². The average Bonchev–Trinajstić information content (AvgIpc) is 3.20. The standard InChI is InChI=1S/C24H30N4O3/c1-4-18-19(22(29)27(3)25-18)20-21(26(2)15-16-11-7-5-8-12-16)24(31)28(23(20)30)17-13-9-6-10-14-17/h5,7-8,11-12,17,25H,4,6,9-10,13-15H2,1-3H3. The Kier molecular flexibility index (Phi) is 5.85. The summed E-state index contributed by atoms with van der Waals surface area (Å²) in [7, 11) is 3.46. The molecule has 2 heterocycles. The van der Waals surface area contributed by atoms with Crippen LogP contribution in [0.4, 0.5) is 0 Å². The number of imide groups is 1. The molecule has 2 amide bonds. The predicted octanol–water partition coefficient (Wildman–Crippen LogP) is 2.82. The van der Waals surface area contributed by atoms with Crippen molar-refractivity contribution in [3.63, 3.8) is 0 Å². The second kappa shape index (κ2) is 8.57. The Balaban J connectivity index is 1.82. The normalized spacial score (nSPS) is 17.7. The summed E-state index contributed by atoms with van der Waals surface area (Å²) in [5.74, 6) is -0.617. The van der Waals surface area contributed by atoms with Crippen LogP contribution in [0.15, 0.2) is 40.8 Å². The monoisotopic (exact) mass is 422 g/mol. The minimum Gasteiger partial charge on any atom is -0.365 e. The molecule has 2 aromatic rings. The molecule has 2 aliphatic rings. The SMILES string of the molecule is CCc1[nH]n(C)c(=O)c1C1=C(N(C)Cc2ccccc2)C(=O)N(C2CCCCC2)C1=O. The molecule has 4 rings (SSSR count). The van der Waals surface area contributed by atoms with Crippen molar-refractivity contribution in [2.24, 2.45) is 7.05 Å². The predicted molar refractivity (Wildman–Crippen MR) is 119 cm³/mol. The van der Waals surface area contributed by atoms with Gasteiger partial charge in [0.25, 0.3) is 17.4 Å². The minimum atomic E-state index is -0.335. The van der Waals surface area contributed by atoms with Crippen molar-refractivity contribution in [2.75, 3.05) is 7.05 Å². The molecular weight excluding hydrogens is 392 g/mol. The van der Waals surface area contributed by atoms with E-state index in [4.69, 9.17) is 0 Å². The molecule has 1 aliphatic carbocycles. The Morgan fingerprint density at radius 1 is 1.03 bits per heavy atom. The van der Waals surface area contributed by atoms with E-state index in [0.717, 1.165) is 37.7 Å². The van der Waals surface area contributed by atoms with Crippen molar-refractivity contribution < 1.29 is 9.59 Å². The van der Waals surface area contributed by atoms with Gasteiger partial charge in [-0.25, -0.2) is 0 Å². The highest BCUT2D eigenvalue weighted by Crippen LogP contribution is 2.36. The third kappa shape index (κ3) is 3.73. The van der Waals surface area contributed by atoms with Crippen LogP contribution in [0.5, 0.6) is 0 Å². The number of carbonyl (C=O) groups is 2. The first kappa shape index (κ1) is 21.2. The number of likely N-dealkylation sites (N-methyl/N-ethyl adjacent to an activating group) is 1. The average molecular weight is 423 g/mol. The first-order valence-electron chi connectivity index (χ1n) is 11.1. The molecular formula is C24H30N4O3. The molecule has 1 saturated carbocycles. The number of aryl methyl sites for hydroxylation is 2. The number of aromatic amines is 1. The zero-order valence-electron chi connectivity index (χ0n) is 18.5. The summed E-state index contributed by atoms with van der Waals surface area (Å²) in [6.07, 6.45) is 5.37. The summed E-state index contributed by atoms with van der Waals surface area (Å²) in [4.78, 5) is 43.5. The van der Waals surface area contributed by atoms with E-state index in [2.05, 4.69) is 5.10 Å². The number of benzene rings is 1. The van der Waals surface area contributed by atoms with Gasteiger partial charge in [0, 0.05) is 32.4 Å². The van der Waals surface area contributed by atoms with Crippen molar-refractivity contribution in [2.45, 2.75) is 58.0 Å². The van der Waals surface area contributed by atoms with Gasteiger partial charge >= 0.3 is 0 Å². The first-order valence-corrected chi connectivity index (χ1v) is 11.1. The maximum Gasteiger partial charge on any atom is 0.278 e. The Hall–Kier alpha value is -3.09. The highest BCUT2D eigenvalue weighted by molar-refractivity contribution is 6.35. The zero-order chi connectivity index (χ0) is 22.1. The molecule has 0 bridgehead atoms. The maximum atomic E-state index is 13.7. The number of hydrogen-bond acceptors (Lipinski definition) is 4. The molecule has 1 N–H and O–H groups in total. The maximum absolute atomic E-state index is 13.7.